The highest BCUT2D eigenvalue weighted by Crippen LogP contribution is 2.28. The van der Waals surface area contributed by atoms with E-state index in [9.17, 15) is 4.79 Å². The highest BCUT2D eigenvalue weighted by molar-refractivity contribution is 6.42. The number of aliphatic imine (C=N–C) groups is 1. The van der Waals surface area contributed by atoms with E-state index < -0.39 is 5.54 Å². The molecule has 0 radical (unpaired) electrons. The van der Waals surface area contributed by atoms with Crippen molar-refractivity contribution < 1.29 is 19.4 Å². The lowest BCUT2D eigenvalue weighted by atomic mass is 9.95. The number of aliphatic hydroxyl groups is 1. The van der Waals surface area contributed by atoms with Crippen molar-refractivity contribution in [2.24, 2.45) is 4.99 Å². The number of aliphatic hydroxyl groups excluding tert-OH is 1. The summed E-state index contributed by atoms with van der Waals surface area (Å²) in [5.41, 5.74) is 7.22. The van der Waals surface area contributed by atoms with Crippen LogP contribution in [0.4, 0.5) is 0 Å². The van der Waals surface area contributed by atoms with E-state index in [1.165, 1.54) is 0 Å². The van der Waals surface area contributed by atoms with Crippen molar-refractivity contribution in [3.05, 3.63) is 106 Å². The number of carbonyl (C=O) groups is 1. The summed E-state index contributed by atoms with van der Waals surface area (Å²) in [6.45, 7) is 0.956. The number of nitrogens with one attached hydrogen (secondary N) is 2. The van der Waals surface area contributed by atoms with Crippen LogP contribution in [0.1, 0.15) is 29.5 Å². The first kappa shape index (κ1) is 27.7. The Hall–Kier alpha value is -3.36. The zero-order valence-electron chi connectivity index (χ0n) is 20.7. The van der Waals surface area contributed by atoms with Gasteiger partial charge in [-0.05, 0) is 47.5 Å². The molecule has 3 N–H and O–H groups in total. The van der Waals surface area contributed by atoms with Gasteiger partial charge in [0, 0.05) is 31.6 Å². The van der Waals surface area contributed by atoms with Crippen LogP contribution in [0.2, 0.25) is 10.0 Å². The molecule has 0 unspecified atom stereocenters. The molecule has 0 bridgehead atoms. The fourth-order valence-corrected chi connectivity index (χ4v) is 4.12. The van der Waals surface area contributed by atoms with E-state index in [4.69, 9.17) is 42.8 Å². The molecule has 1 atom stereocenters. The minimum atomic E-state index is -1.15. The highest BCUT2D eigenvalue weighted by atomic mass is 35.5. The van der Waals surface area contributed by atoms with Gasteiger partial charge in [-0.25, -0.2) is 10.4 Å². The average Bonchev–Trinajstić information content (AvgIpc) is 3.37. The fraction of sp³-hybridized carbons (Fsp3) is 0.241. The van der Waals surface area contributed by atoms with Crippen LogP contribution >= 0.6 is 23.2 Å². The number of hydrazine groups is 1. The van der Waals surface area contributed by atoms with Crippen molar-refractivity contribution in [2.75, 3.05) is 19.8 Å². The van der Waals surface area contributed by atoms with Gasteiger partial charge in [0.05, 0.1) is 16.7 Å². The molecule has 1 amide bonds. The van der Waals surface area contributed by atoms with E-state index in [2.05, 4.69) is 10.9 Å². The number of hydrogen-bond acceptors (Lipinski definition) is 6. The summed E-state index contributed by atoms with van der Waals surface area (Å²) in [6.07, 6.45) is 4.80. The standard InChI is InChI=1S/C29H29Cl2N3O4/c30-25-14-9-22(18-26(25)31)19-32-34-28(36)29(15-4-8-21-6-2-1-3-7-21)20-38-27(33-29)23-10-12-24(13-11-23)37-17-5-16-35/h1-4,6-14,18,32,35H,5,15-17,19-20H2,(H,34,36)/b8-4+/t29-/m0/s1. The minimum Gasteiger partial charge on any atom is -0.494 e. The van der Waals surface area contributed by atoms with Crippen molar-refractivity contribution >= 4 is 41.1 Å². The van der Waals surface area contributed by atoms with Crippen LogP contribution in [0.15, 0.2) is 83.9 Å². The fourth-order valence-electron chi connectivity index (χ4n) is 3.80. The van der Waals surface area contributed by atoms with Gasteiger partial charge in [-0.2, -0.15) is 0 Å². The second-order valence-corrected chi connectivity index (χ2v) is 9.57. The molecule has 1 heterocycles. The van der Waals surface area contributed by atoms with E-state index in [-0.39, 0.29) is 19.1 Å². The number of hydrogen-bond donors (Lipinski definition) is 3. The molecule has 4 rings (SSSR count). The molecule has 198 valence electrons. The smallest absolute Gasteiger partial charge is 0.266 e. The van der Waals surface area contributed by atoms with Gasteiger partial charge >= 0.3 is 0 Å². The Morgan fingerprint density at radius 2 is 1.87 bits per heavy atom. The third-order valence-corrected chi connectivity index (χ3v) is 6.64. The van der Waals surface area contributed by atoms with E-state index in [1.54, 1.807) is 12.1 Å². The molecule has 0 spiro atoms. The normalized spacial score (nSPS) is 16.8. The number of nitrogens with zero attached hydrogens (tertiary/aromatic N) is 1. The molecule has 0 saturated carbocycles. The average molecular weight is 554 g/mol. The van der Waals surface area contributed by atoms with E-state index >= 15 is 0 Å². The molecule has 0 aromatic heterocycles. The Balaban J connectivity index is 1.48. The van der Waals surface area contributed by atoms with Gasteiger partial charge in [-0.1, -0.05) is 71.8 Å². The van der Waals surface area contributed by atoms with Gasteiger partial charge in [0.2, 0.25) is 5.90 Å². The highest BCUT2D eigenvalue weighted by Gasteiger charge is 2.43. The summed E-state index contributed by atoms with van der Waals surface area (Å²) in [7, 11) is 0. The molecular formula is C29H29Cl2N3O4. The minimum absolute atomic E-state index is 0.0773. The van der Waals surface area contributed by atoms with Crippen molar-refractivity contribution in [1.29, 1.82) is 0 Å². The van der Waals surface area contributed by atoms with Gasteiger partial charge < -0.3 is 14.6 Å². The first-order valence-electron chi connectivity index (χ1n) is 12.2. The lowest BCUT2D eigenvalue weighted by Crippen LogP contribution is -2.51. The first-order chi connectivity index (χ1) is 18.5. The molecule has 1 aliphatic rings. The Morgan fingerprint density at radius 1 is 1.08 bits per heavy atom. The SMILES string of the molecule is O=C(NNCc1ccc(Cl)c(Cl)c1)[C@]1(C/C=C/c2ccccc2)COC(c2ccc(OCCCO)cc2)=N1. The van der Waals surface area contributed by atoms with E-state index in [0.717, 1.165) is 16.7 Å². The van der Waals surface area contributed by atoms with Gasteiger partial charge in [0.15, 0.2) is 5.54 Å². The predicted octanol–water partition coefficient (Wildman–Crippen LogP) is 5.19. The lowest BCUT2D eigenvalue weighted by Gasteiger charge is -2.22. The van der Waals surface area contributed by atoms with Crippen LogP contribution in [0.25, 0.3) is 6.08 Å². The summed E-state index contributed by atoms with van der Waals surface area (Å²) in [4.78, 5) is 18.2. The zero-order chi connectivity index (χ0) is 26.8. The van der Waals surface area contributed by atoms with Crippen molar-refractivity contribution in [2.45, 2.75) is 24.9 Å². The van der Waals surface area contributed by atoms with Crippen LogP contribution in [-0.2, 0) is 16.1 Å². The quantitative estimate of drug-likeness (QED) is 0.212. The van der Waals surface area contributed by atoms with Crippen LogP contribution in [-0.4, -0.2) is 42.3 Å². The monoisotopic (exact) mass is 553 g/mol. The summed E-state index contributed by atoms with van der Waals surface area (Å²) in [6, 6.07) is 22.4. The number of carbonyl (C=O) groups excluding carboxylic acids is 1. The molecule has 9 heteroatoms. The second kappa shape index (κ2) is 13.4. The van der Waals surface area contributed by atoms with Gasteiger partial charge in [0.1, 0.15) is 12.4 Å². The number of amides is 1. The van der Waals surface area contributed by atoms with E-state index in [0.29, 0.717) is 47.7 Å². The molecule has 0 saturated heterocycles. The molecule has 1 aliphatic heterocycles. The molecule has 3 aromatic rings. The molecule has 7 nitrogen and oxygen atoms in total. The summed E-state index contributed by atoms with van der Waals surface area (Å²) >= 11 is 12.1. The topological polar surface area (TPSA) is 92.2 Å². The summed E-state index contributed by atoms with van der Waals surface area (Å²) in [5.74, 6) is 0.760. The molecule has 0 fully saturated rings. The van der Waals surface area contributed by atoms with Crippen molar-refractivity contribution in [3.8, 4) is 5.75 Å². The van der Waals surface area contributed by atoms with Gasteiger partial charge in [-0.3, -0.25) is 10.2 Å². The molecule has 38 heavy (non-hydrogen) atoms. The van der Waals surface area contributed by atoms with Crippen LogP contribution in [0.3, 0.4) is 0 Å². The van der Waals surface area contributed by atoms with Crippen LogP contribution < -0.4 is 15.6 Å². The van der Waals surface area contributed by atoms with Crippen molar-refractivity contribution in [3.63, 3.8) is 0 Å². The number of rotatable bonds is 12. The molecule has 3 aromatic carbocycles. The molecule has 0 aliphatic carbocycles. The Kier molecular flexibility index (Phi) is 9.79. The second-order valence-electron chi connectivity index (χ2n) is 8.76. The number of ether oxygens (including phenoxy) is 2. The lowest BCUT2D eigenvalue weighted by molar-refractivity contribution is -0.127. The zero-order valence-corrected chi connectivity index (χ0v) is 22.2. The van der Waals surface area contributed by atoms with Gasteiger partial charge in [-0.15, -0.1) is 0 Å². The maximum atomic E-state index is 13.4. The van der Waals surface area contributed by atoms with Crippen molar-refractivity contribution in [1.82, 2.24) is 10.9 Å². The number of benzene rings is 3. The maximum Gasteiger partial charge on any atom is 0.266 e. The summed E-state index contributed by atoms with van der Waals surface area (Å²) < 4.78 is 11.5. The third kappa shape index (κ3) is 7.36. The Labute approximate surface area is 232 Å². The predicted molar refractivity (Wildman–Crippen MR) is 150 cm³/mol. The largest absolute Gasteiger partial charge is 0.494 e. The third-order valence-electron chi connectivity index (χ3n) is 5.90. The first-order valence-corrected chi connectivity index (χ1v) is 13.0. The summed E-state index contributed by atoms with van der Waals surface area (Å²) in [5, 5.41) is 9.84. The van der Waals surface area contributed by atoms with Gasteiger partial charge in [0.25, 0.3) is 5.91 Å². The molecular weight excluding hydrogens is 525 g/mol. The van der Waals surface area contributed by atoms with Crippen LogP contribution in [0.5, 0.6) is 5.75 Å². The number of halogens is 2. The maximum absolute atomic E-state index is 13.4. The Bertz CT molecular complexity index is 1280. The Morgan fingerprint density at radius 3 is 2.61 bits per heavy atom. The van der Waals surface area contributed by atoms with E-state index in [1.807, 2.05) is 72.8 Å². The van der Waals surface area contributed by atoms with Crippen LogP contribution in [0, 0.1) is 0 Å².